The molecule has 0 aromatic heterocycles. The zero-order valence-corrected chi connectivity index (χ0v) is 17.0. The lowest BCUT2D eigenvalue weighted by molar-refractivity contribution is 0.0389. The third-order valence-corrected chi connectivity index (χ3v) is 4.29. The smallest absolute Gasteiger partial charge is 0.191 e. The van der Waals surface area contributed by atoms with Crippen LogP contribution in [-0.4, -0.2) is 88.9 Å². The lowest BCUT2D eigenvalue weighted by atomic mass is 10.2. The van der Waals surface area contributed by atoms with Crippen molar-refractivity contribution in [2.24, 2.45) is 4.99 Å². The lowest BCUT2D eigenvalue weighted by Crippen LogP contribution is -2.44. The Morgan fingerprint density at radius 1 is 1.26 bits per heavy atom. The summed E-state index contributed by atoms with van der Waals surface area (Å²) >= 11 is 0. The largest absolute Gasteiger partial charge is 0.492 e. The van der Waals surface area contributed by atoms with Crippen molar-refractivity contribution in [3.8, 4) is 5.75 Å². The fraction of sp³-hybridized carbons (Fsp3) is 0.650. The highest BCUT2D eigenvalue weighted by molar-refractivity contribution is 5.79. The van der Waals surface area contributed by atoms with E-state index in [2.05, 4.69) is 39.5 Å². The second-order valence-corrected chi connectivity index (χ2v) is 6.88. The third kappa shape index (κ3) is 9.08. The van der Waals surface area contributed by atoms with Gasteiger partial charge in [-0.3, -0.25) is 4.90 Å². The first kappa shape index (κ1) is 21.5. The number of benzene rings is 1. The summed E-state index contributed by atoms with van der Waals surface area (Å²) in [5.74, 6) is 1.75. The summed E-state index contributed by atoms with van der Waals surface area (Å²) in [5.41, 5.74) is 1.14. The number of rotatable bonds is 10. The molecule has 1 saturated heterocycles. The monoisotopic (exact) mass is 377 g/mol. The van der Waals surface area contributed by atoms with E-state index in [-0.39, 0.29) is 0 Å². The van der Waals surface area contributed by atoms with Crippen LogP contribution in [-0.2, 0) is 11.3 Å². The number of likely N-dealkylation sites (N-methyl/N-ethyl adjacent to an activating group) is 1. The second-order valence-electron chi connectivity index (χ2n) is 6.88. The summed E-state index contributed by atoms with van der Waals surface area (Å²) in [4.78, 5) is 9.23. The molecular weight excluding hydrogens is 342 g/mol. The first-order chi connectivity index (χ1) is 13.2. The molecule has 0 radical (unpaired) electrons. The van der Waals surface area contributed by atoms with Gasteiger partial charge in [0.25, 0.3) is 0 Å². The number of guanidine groups is 1. The molecule has 1 aliphatic rings. The molecule has 1 aromatic rings. The number of aliphatic imine (C=N–C) groups is 1. The molecular formula is C20H35N5O2. The fourth-order valence-corrected chi connectivity index (χ4v) is 2.75. The summed E-state index contributed by atoms with van der Waals surface area (Å²) < 4.78 is 11.2. The lowest BCUT2D eigenvalue weighted by Gasteiger charge is -2.26. The maximum atomic E-state index is 5.81. The van der Waals surface area contributed by atoms with Crippen LogP contribution in [0.1, 0.15) is 12.5 Å². The maximum Gasteiger partial charge on any atom is 0.191 e. The van der Waals surface area contributed by atoms with Gasteiger partial charge in [-0.2, -0.15) is 0 Å². The molecule has 1 fully saturated rings. The summed E-state index contributed by atoms with van der Waals surface area (Å²) in [5, 5.41) is 6.73. The molecule has 7 heteroatoms. The minimum atomic E-state index is 0.623. The van der Waals surface area contributed by atoms with Crippen molar-refractivity contribution in [2.45, 2.75) is 13.5 Å². The number of nitrogens with one attached hydrogen (secondary N) is 2. The van der Waals surface area contributed by atoms with Gasteiger partial charge in [0, 0.05) is 39.3 Å². The van der Waals surface area contributed by atoms with Gasteiger partial charge in [-0.25, -0.2) is 4.99 Å². The molecule has 0 unspecified atom stereocenters. The van der Waals surface area contributed by atoms with Crippen LogP contribution in [0.25, 0.3) is 0 Å². The zero-order valence-electron chi connectivity index (χ0n) is 17.0. The molecule has 0 saturated carbocycles. The van der Waals surface area contributed by atoms with E-state index >= 15 is 0 Å². The SMILES string of the molecule is CCNC(=NCc1cccc(OCCN(C)C)c1)NCCN1CCOCC1. The van der Waals surface area contributed by atoms with Gasteiger partial charge >= 0.3 is 0 Å². The molecule has 2 N–H and O–H groups in total. The number of nitrogens with zero attached hydrogens (tertiary/aromatic N) is 3. The summed E-state index contributed by atoms with van der Waals surface area (Å²) in [7, 11) is 4.09. The quantitative estimate of drug-likeness (QED) is 0.469. The first-order valence-electron chi connectivity index (χ1n) is 9.86. The molecule has 0 aliphatic carbocycles. The minimum Gasteiger partial charge on any atom is -0.492 e. The van der Waals surface area contributed by atoms with Crippen LogP contribution in [0.4, 0.5) is 0 Å². The molecule has 1 aliphatic heterocycles. The van der Waals surface area contributed by atoms with E-state index in [4.69, 9.17) is 14.5 Å². The van der Waals surface area contributed by atoms with Crippen molar-refractivity contribution in [3.63, 3.8) is 0 Å². The molecule has 0 bridgehead atoms. The van der Waals surface area contributed by atoms with Crippen molar-refractivity contribution in [1.82, 2.24) is 20.4 Å². The predicted molar refractivity (Wildman–Crippen MR) is 111 cm³/mol. The molecule has 2 rings (SSSR count). The van der Waals surface area contributed by atoms with Crippen LogP contribution < -0.4 is 15.4 Å². The van der Waals surface area contributed by atoms with Crippen molar-refractivity contribution in [2.75, 3.05) is 73.2 Å². The van der Waals surface area contributed by atoms with Gasteiger partial charge in [0.05, 0.1) is 19.8 Å². The van der Waals surface area contributed by atoms with Crippen LogP contribution in [0.5, 0.6) is 5.75 Å². The molecule has 1 aromatic carbocycles. The van der Waals surface area contributed by atoms with E-state index in [9.17, 15) is 0 Å². The van der Waals surface area contributed by atoms with E-state index in [0.717, 1.165) is 69.8 Å². The Morgan fingerprint density at radius 2 is 2.07 bits per heavy atom. The molecule has 27 heavy (non-hydrogen) atoms. The Balaban J connectivity index is 1.80. The van der Waals surface area contributed by atoms with Crippen molar-refractivity contribution in [1.29, 1.82) is 0 Å². The highest BCUT2D eigenvalue weighted by atomic mass is 16.5. The second kappa shape index (κ2) is 12.5. The van der Waals surface area contributed by atoms with Crippen LogP contribution >= 0.6 is 0 Å². The average Bonchev–Trinajstić information content (AvgIpc) is 2.67. The predicted octanol–water partition coefficient (Wildman–Crippen LogP) is 1.01. The number of ether oxygens (including phenoxy) is 2. The van der Waals surface area contributed by atoms with Gasteiger partial charge in [0.2, 0.25) is 0 Å². The van der Waals surface area contributed by atoms with Crippen molar-refractivity contribution in [3.05, 3.63) is 29.8 Å². The summed E-state index contributed by atoms with van der Waals surface area (Å²) in [6.07, 6.45) is 0. The zero-order chi connectivity index (χ0) is 19.3. The van der Waals surface area contributed by atoms with Gasteiger partial charge in [-0.15, -0.1) is 0 Å². The standard InChI is InChI=1S/C20H35N5O2/c1-4-21-20(22-8-9-25-11-13-26-14-12-25)23-17-18-6-5-7-19(16-18)27-15-10-24(2)3/h5-7,16H,4,8-15,17H2,1-3H3,(H2,21,22,23). The van der Waals surface area contributed by atoms with Gasteiger partial charge in [-0.1, -0.05) is 12.1 Å². The maximum absolute atomic E-state index is 5.81. The van der Waals surface area contributed by atoms with Crippen LogP contribution in [0, 0.1) is 0 Å². The Morgan fingerprint density at radius 3 is 2.81 bits per heavy atom. The van der Waals surface area contributed by atoms with E-state index < -0.39 is 0 Å². The molecule has 1 heterocycles. The van der Waals surface area contributed by atoms with Gasteiger partial charge in [0.15, 0.2) is 5.96 Å². The molecule has 0 amide bonds. The number of hydrogen-bond donors (Lipinski definition) is 2. The van der Waals surface area contributed by atoms with Gasteiger partial charge < -0.3 is 25.0 Å². The molecule has 7 nitrogen and oxygen atoms in total. The Hall–Kier alpha value is -1.83. The topological polar surface area (TPSA) is 61.4 Å². The van der Waals surface area contributed by atoms with E-state index in [0.29, 0.717) is 13.2 Å². The van der Waals surface area contributed by atoms with Crippen molar-refractivity contribution < 1.29 is 9.47 Å². The van der Waals surface area contributed by atoms with E-state index in [1.165, 1.54) is 0 Å². The van der Waals surface area contributed by atoms with Crippen LogP contribution in [0.3, 0.4) is 0 Å². The highest BCUT2D eigenvalue weighted by Crippen LogP contribution is 2.14. The summed E-state index contributed by atoms with van der Waals surface area (Å²) in [6, 6.07) is 8.17. The first-order valence-corrected chi connectivity index (χ1v) is 9.86. The normalized spacial score (nSPS) is 15.8. The molecule has 0 atom stereocenters. The average molecular weight is 378 g/mol. The Labute approximate surface area is 163 Å². The molecule has 0 spiro atoms. The number of hydrogen-bond acceptors (Lipinski definition) is 5. The number of morpholine rings is 1. The van der Waals surface area contributed by atoms with Crippen LogP contribution in [0.2, 0.25) is 0 Å². The van der Waals surface area contributed by atoms with Gasteiger partial charge in [0.1, 0.15) is 12.4 Å². The minimum absolute atomic E-state index is 0.623. The highest BCUT2D eigenvalue weighted by Gasteiger charge is 2.09. The fourth-order valence-electron chi connectivity index (χ4n) is 2.75. The summed E-state index contributed by atoms with van der Waals surface area (Å²) in [6.45, 7) is 10.7. The van der Waals surface area contributed by atoms with E-state index in [1.807, 2.05) is 26.2 Å². The van der Waals surface area contributed by atoms with Crippen LogP contribution in [0.15, 0.2) is 29.3 Å². The third-order valence-electron chi connectivity index (χ3n) is 4.29. The molecule has 152 valence electrons. The Kier molecular flexibility index (Phi) is 9.97. The van der Waals surface area contributed by atoms with E-state index in [1.54, 1.807) is 0 Å². The Bertz CT molecular complexity index is 559. The van der Waals surface area contributed by atoms with Crippen molar-refractivity contribution >= 4 is 5.96 Å². The van der Waals surface area contributed by atoms with Gasteiger partial charge in [-0.05, 0) is 38.7 Å².